The second-order valence-electron chi connectivity index (χ2n) is 6.05. The zero-order chi connectivity index (χ0) is 18.5. The summed E-state index contributed by atoms with van der Waals surface area (Å²) in [6.07, 6.45) is 0.107. The predicted molar refractivity (Wildman–Crippen MR) is 104 cm³/mol. The largest absolute Gasteiger partial charge is 0.294 e. The summed E-state index contributed by atoms with van der Waals surface area (Å²) in [6, 6.07) is 24.9. The molecule has 26 heavy (non-hydrogen) atoms. The fraction of sp³-hybridized carbons (Fsp3) is 0.136. The second-order valence-corrected chi connectivity index (χ2v) is 6.97. The Hall–Kier alpha value is -2.95. The molecule has 0 aliphatic rings. The Labute approximate surface area is 160 Å². The number of hydrogen-bond donors (Lipinski definition) is 0. The molecule has 0 bridgehead atoms. The van der Waals surface area contributed by atoms with Crippen molar-refractivity contribution in [2.45, 2.75) is 12.3 Å². The van der Waals surface area contributed by atoms with Gasteiger partial charge in [0.25, 0.3) is 0 Å². The van der Waals surface area contributed by atoms with Gasteiger partial charge in [0.05, 0.1) is 12.1 Å². The molecule has 126 valence electrons. The number of nitriles is 2. The Bertz CT molecular complexity index is 1030. The minimum atomic E-state index is -0.886. The van der Waals surface area contributed by atoms with Crippen molar-refractivity contribution >= 4 is 32.5 Å². The highest BCUT2D eigenvalue weighted by molar-refractivity contribution is 9.10. The zero-order valence-corrected chi connectivity index (χ0v) is 15.5. The molecule has 3 aromatic carbocycles. The van der Waals surface area contributed by atoms with E-state index < -0.39 is 11.8 Å². The van der Waals surface area contributed by atoms with E-state index in [1.54, 1.807) is 6.07 Å². The highest BCUT2D eigenvalue weighted by Crippen LogP contribution is 2.32. The van der Waals surface area contributed by atoms with E-state index >= 15 is 0 Å². The molecule has 0 saturated heterocycles. The SMILES string of the molecule is N#CC(C#N)C(CC(=O)c1cccc2ccccc12)c1cccc(Br)c1. The minimum Gasteiger partial charge on any atom is -0.294 e. The number of fused-ring (bicyclic) bond motifs is 1. The lowest BCUT2D eigenvalue weighted by Gasteiger charge is -2.18. The number of nitrogens with zero attached hydrogens (tertiary/aromatic N) is 2. The summed E-state index contributed by atoms with van der Waals surface area (Å²) in [5, 5.41) is 20.7. The fourth-order valence-corrected chi connectivity index (χ4v) is 3.57. The van der Waals surface area contributed by atoms with Gasteiger partial charge < -0.3 is 0 Å². The van der Waals surface area contributed by atoms with Crippen molar-refractivity contribution in [1.29, 1.82) is 10.5 Å². The molecule has 0 amide bonds. The third kappa shape index (κ3) is 3.67. The maximum atomic E-state index is 13.0. The van der Waals surface area contributed by atoms with Crippen molar-refractivity contribution in [3.8, 4) is 12.1 Å². The number of Topliss-reactive ketones (excluding diaryl/α,β-unsaturated/α-hetero) is 1. The molecular formula is C22H15BrN2O. The summed E-state index contributed by atoms with van der Waals surface area (Å²) in [6.45, 7) is 0. The fourth-order valence-electron chi connectivity index (χ4n) is 3.15. The third-order valence-corrected chi connectivity index (χ3v) is 4.95. The third-order valence-electron chi connectivity index (χ3n) is 4.45. The number of rotatable bonds is 5. The van der Waals surface area contributed by atoms with Crippen molar-refractivity contribution in [2.75, 3.05) is 0 Å². The molecule has 1 unspecified atom stereocenters. The van der Waals surface area contributed by atoms with Crippen LogP contribution in [0, 0.1) is 28.6 Å². The molecule has 0 radical (unpaired) electrons. The van der Waals surface area contributed by atoms with E-state index in [0.717, 1.165) is 20.8 Å². The molecular weight excluding hydrogens is 388 g/mol. The summed E-state index contributed by atoms with van der Waals surface area (Å²) >= 11 is 3.42. The van der Waals surface area contributed by atoms with Crippen LogP contribution in [0.2, 0.25) is 0 Å². The van der Waals surface area contributed by atoms with Crippen LogP contribution in [0.3, 0.4) is 0 Å². The van der Waals surface area contributed by atoms with Gasteiger partial charge >= 0.3 is 0 Å². The molecule has 4 heteroatoms. The highest BCUT2D eigenvalue weighted by Gasteiger charge is 2.27. The predicted octanol–water partition coefficient (Wildman–Crippen LogP) is 5.62. The first-order valence-electron chi connectivity index (χ1n) is 8.19. The average Bonchev–Trinajstić information content (AvgIpc) is 2.67. The molecule has 0 saturated carbocycles. The molecule has 3 nitrogen and oxygen atoms in total. The van der Waals surface area contributed by atoms with Gasteiger partial charge in [-0.05, 0) is 28.5 Å². The second kappa shape index (κ2) is 7.95. The van der Waals surface area contributed by atoms with Crippen LogP contribution >= 0.6 is 15.9 Å². The van der Waals surface area contributed by atoms with Crippen LogP contribution in [-0.4, -0.2) is 5.78 Å². The van der Waals surface area contributed by atoms with Gasteiger partial charge in [-0.25, -0.2) is 0 Å². The molecule has 3 aromatic rings. The Morgan fingerprint density at radius 2 is 1.65 bits per heavy atom. The van der Waals surface area contributed by atoms with Crippen LogP contribution in [0.5, 0.6) is 0 Å². The van der Waals surface area contributed by atoms with Gasteiger partial charge in [0.15, 0.2) is 5.78 Å². The average molecular weight is 403 g/mol. The molecule has 0 aromatic heterocycles. The molecule has 0 fully saturated rings. The maximum absolute atomic E-state index is 13.0. The molecule has 0 aliphatic heterocycles. The van der Waals surface area contributed by atoms with E-state index in [4.69, 9.17) is 0 Å². The molecule has 0 N–H and O–H groups in total. The van der Waals surface area contributed by atoms with Crippen LogP contribution in [0.1, 0.15) is 28.3 Å². The zero-order valence-electron chi connectivity index (χ0n) is 13.9. The summed E-state index contributed by atoms with van der Waals surface area (Å²) in [5.41, 5.74) is 1.43. The van der Waals surface area contributed by atoms with E-state index in [1.165, 1.54) is 0 Å². The van der Waals surface area contributed by atoms with Crippen molar-refractivity contribution in [2.24, 2.45) is 5.92 Å². The lowest BCUT2D eigenvalue weighted by molar-refractivity contribution is 0.0972. The lowest BCUT2D eigenvalue weighted by atomic mass is 9.82. The maximum Gasteiger partial charge on any atom is 0.164 e. The number of carbonyl (C=O) groups is 1. The van der Waals surface area contributed by atoms with Crippen molar-refractivity contribution < 1.29 is 4.79 Å². The molecule has 0 spiro atoms. The number of hydrogen-bond acceptors (Lipinski definition) is 3. The topological polar surface area (TPSA) is 64.7 Å². The standard InChI is InChI=1S/C22H15BrN2O/c23-18-8-3-7-16(11-18)21(17(13-24)14-25)12-22(26)20-10-4-6-15-5-1-2-9-19(15)20/h1-11,17,21H,12H2. The molecule has 1 atom stereocenters. The highest BCUT2D eigenvalue weighted by atomic mass is 79.9. The molecule has 0 heterocycles. The summed E-state index contributed by atoms with van der Waals surface area (Å²) < 4.78 is 0.854. The number of carbonyl (C=O) groups excluding carboxylic acids is 1. The Balaban J connectivity index is 2.00. The van der Waals surface area contributed by atoms with E-state index in [2.05, 4.69) is 15.9 Å². The Kier molecular flexibility index (Phi) is 5.46. The Morgan fingerprint density at radius 1 is 0.962 bits per heavy atom. The number of halogens is 1. The molecule has 3 rings (SSSR count). The van der Waals surface area contributed by atoms with Crippen LogP contribution in [0.15, 0.2) is 71.2 Å². The van der Waals surface area contributed by atoms with Crippen molar-refractivity contribution in [3.05, 3.63) is 82.3 Å². The van der Waals surface area contributed by atoms with E-state index in [-0.39, 0.29) is 12.2 Å². The van der Waals surface area contributed by atoms with Gasteiger partial charge in [0, 0.05) is 22.4 Å². The number of ketones is 1. The smallest absolute Gasteiger partial charge is 0.164 e. The summed E-state index contributed by atoms with van der Waals surface area (Å²) in [7, 11) is 0. The number of benzene rings is 3. The molecule has 0 aliphatic carbocycles. The normalized spacial score (nSPS) is 11.7. The van der Waals surface area contributed by atoms with E-state index in [0.29, 0.717) is 5.56 Å². The summed E-state index contributed by atoms with van der Waals surface area (Å²) in [5.74, 6) is -1.43. The van der Waals surface area contributed by atoms with Crippen LogP contribution in [0.4, 0.5) is 0 Å². The first kappa shape index (κ1) is 17.9. The van der Waals surface area contributed by atoms with E-state index in [9.17, 15) is 15.3 Å². The van der Waals surface area contributed by atoms with Crippen LogP contribution in [-0.2, 0) is 0 Å². The van der Waals surface area contributed by atoms with Gasteiger partial charge in [0.2, 0.25) is 0 Å². The van der Waals surface area contributed by atoms with E-state index in [1.807, 2.05) is 72.8 Å². The summed E-state index contributed by atoms with van der Waals surface area (Å²) in [4.78, 5) is 13.0. The van der Waals surface area contributed by atoms with Crippen molar-refractivity contribution in [1.82, 2.24) is 0 Å². The van der Waals surface area contributed by atoms with Gasteiger partial charge in [-0.3, -0.25) is 4.79 Å². The first-order chi connectivity index (χ1) is 12.6. The first-order valence-corrected chi connectivity index (χ1v) is 8.99. The van der Waals surface area contributed by atoms with Crippen molar-refractivity contribution in [3.63, 3.8) is 0 Å². The van der Waals surface area contributed by atoms with Crippen LogP contribution < -0.4 is 0 Å². The van der Waals surface area contributed by atoms with Gasteiger partial charge in [0.1, 0.15) is 5.92 Å². The van der Waals surface area contributed by atoms with Gasteiger partial charge in [-0.2, -0.15) is 10.5 Å². The van der Waals surface area contributed by atoms with Gasteiger partial charge in [-0.1, -0.05) is 70.5 Å². The quantitative estimate of drug-likeness (QED) is 0.519. The van der Waals surface area contributed by atoms with Crippen LogP contribution in [0.25, 0.3) is 10.8 Å². The monoisotopic (exact) mass is 402 g/mol. The van der Waals surface area contributed by atoms with Gasteiger partial charge in [-0.15, -0.1) is 0 Å². The minimum absolute atomic E-state index is 0.0673. The lowest BCUT2D eigenvalue weighted by Crippen LogP contribution is -2.15. The Morgan fingerprint density at radius 3 is 2.38 bits per heavy atom.